The lowest BCUT2D eigenvalue weighted by Gasteiger charge is -2.29. The van der Waals surface area contributed by atoms with Gasteiger partial charge in [-0.15, -0.1) is 11.6 Å². The molecule has 1 aromatic rings. The van der Waals surface area contributed by atoms with E-state index in [0.717, 1.165) is 13.0 Å². The molecule has 1 N–H and O–H groups in total. The highest BCUT2D eigenvalue weighted by molar-refractivity contribution is 6.18. The molecule has 1 aromatic carbocycles. The third-order valence-corrected chi connectivity index (χ3v) is 2.98. The van der Waals surface area contributed by atoms with Gasteiger partial charge in [-0.25, -0.2) is 0 Å². The first kappa shape index (κ1) is 11.5. The molecule has 14 heavy (non-hydrogen) atoms. The van der Waals surface area contributed by atoms with E-state index in [1.54, 1.807) is 0 Å². The van der Waals surface area contributed by atoms with E-state index in [-0.39, 0.29) is 5.54 Å². The Labute approximate surface area is 91.5 Å². The van der Waals surface area contributed by atoms with Crippen molar-refractivity contribution in [3.63, 3.8) is 0 Å². The molecule has 0 aliphatic heterocycles. The second-order valence-corrected chi connectivity index (χ2v) is 4.03. The fourth-order valence-corrected chi connectivity index (χ4v) is 1.68. The molecular weight excluding hydrogens is 194 g/mol. The van der Waals surface area contributed by atoms with Gasteiger partial charge in [0.25, 0.3) is 0 Å². The molecule has 0 radical (unpaired) electrons. The van der Waals surface area contributed by atoms with Crippen LogP contribution in [0.25, 0.3) is 0 Å². The molecule has 0 aromatic heterocycles. The predicted octanol–water partition coefficient (Wildman–Crippen LogP) is 3.14. The zero-order valence-electron chi connectivity index (χ0n) is 8.89. The van der Waals surface area contributed by atoms with Crippen molar-refractivity contribution in [3.8, 4) is 0 Å². The molecule has 1 unspecified atom stereocenters. The molecule has 0 heterocycles. The van der Waals surface area contributed by atoms with E-state index in [4.69, 9.17) is 11.6 Å². The number of hydrogen-bond acceptors (Lipinski definition) is 1. The summed E-state index contributed by atoms with van der Waals surface area (Å²) >= 11 is 6.02. The van der Waals surface area contributed by atoms with Crippen LogP contribution in [0.5, 0.6) is 0 Å². The first-order valence-electron chi connectivity index (χ1n) is 5.09. The highest BCUT2D eigenvalue weighted by Crippen LogP contribution is 2.21. The SMILES string of the molecule is CCCNC(C)(CCl)c1ccccc1. The molecular formula is C12H18ClN. The molecule has 0 saturated carbocycles. The highest BCUT2D eigenvalue weighted by atomic mass is 35.5. The van der Waals surface area contributed by atoms with Gasteiger partial charge in [0, 0.05) is 5.88 Å². The summed E-state index contributed by atoms with van der Waals surface area (Å²) in [5, 5.41) is 3.48. The number of rotatable bonds is 5. The number of halogens is 1. The standard InChI is InChI=1S/C12H18ClN/c1-3-9-14-12(2,10-13)11-7-5-4-6-8-11/h4-8,14H,3,9-10H2,1-2H3. The van der Waals surface area contributed by atoms with E-state index >= 15 is 0 Å². The van der Waals surface area contributed by atoms with Crippen LogP contribution in [-0.2, 0) is 5.54 Å². The van der Waals surface area contributed by atoms with Gasteiger partial charge in [0.2, 0.25) is 0 Å². The molecule has 1 atom stereocenters. The topological polar surface area (TPSA) is 12.0 Å². The Morgan fingerprint density at radius 1 is 1.29 bits per heavy atom. The van der Waals surface area contributed by atoms with Gasteiger partial charge < -0.3 is 5.32 Å². The lowest BCUT2D eigenvalue weighted by Crippen LogP contribution is -2.41. The zero-order valence-corrected chi connectivity index (χ0v) is 9.64. The van der Waals surface area contributed by atoms with Crippen LogP contribution >= 0.6 is 11.6 Å². The van der Waals surface area contributed by atoms with Crippen molar-refractivity contribution in [2.24, 2.45) is 0 Å². The Morgan fingerprint density at radius 2 is 1.93 bits per heavy atom. The van der Waals surface area contributed by atoms with E-state index in [1.165, 1.54) is 5.56 Å². The molecule has 0 saturated heterocycles. The average molecular weight is 212 g/mol. The normalized spacial score (nSPS) is 15.1. The fourth-order valence-electron chi connectivity index (χ4n) is 1.43. The maximum absolute atomic E-state index is 6.02. The van der Waals surface area contributed by atoms with Gasteiger partial charge in [0.05, 0.1) is 5.54 Å². The first-order valence-corrected chi connectivity index (χ1v) is 5.63. The van der Waals surface area contributed by atoms with E-state index in [1.807, 2.05) is 18.2 Å². The van der Waals surface area contributed by atoms with Gasteiger partial charge in [0.1, 0.15) is 0 Å². The maximum Gasteiger partial charge on any atom is 0.0543 e. The molecule has 0 fully saturated rings. The molecule has 0 aliphatic carbocycles. The second kappa shape index (κ2) is 5.38. The lowest BCUT2D eigenvalue weighted by molar-refractivity contribution is 0.409. The van der Waals surface area contributed by atoms with Crippen molar-refractivity contribution >= 4 is 11.6 Å². The largest absolute Gasteiger partial charge is 0.307 e. The van der Waals surface area contributed by atoms with Crippen LogP contribution < -0.4 is 5.32 Å². The maximum atomic E-state index is 6.02. The third-order valence-electron chi connectivity index (χ3n) is 2.44. The first-order chi connectivity index (χ1) is 6.73. The summed E-state index contributed by atoms with van der Waals surface area (Å²) in [6, 6.07) is 10.4. The van der Waals surface area contributed by atoms with Crippen LogP contribution in [0, 0.1) is 0 Å². The van der Waals surface area contributed by atoms with E-state index in [9.17, 15) is 0 Å². The minimum Gasteiger partial charge on any atom is -0.307 e. The Kier molecular flexibility index (Phi) is 4.43. The summed E-state index contributed by atoms with van der Waals surface area (Å²) in [5.74, 6) is 0.594. The van der Waals surface area contributed by atoms with Crippen LogP contribution in [0.15, 0.2) is 30.3 Å². The molecule has 1 rings (SSSR count). The smallest absolute Gasteiger partial charge is 0.0543 e. The Bertz CT molecular complexity index is 260. The molecule has 0 amide bonds. The van der Waals surface area contributed by atoms with E-state index < -0.39 is 0 Å². The molecule has 1 nitrogen and oxygen atoms in total. The molecule has 2 heteroatoms. The number of nitrogens with one attached hydrogen (secondary N) is 1. The summed E-state index contributed by atoms with van der Waals surface area (Å²) in [7, 11) is 0. The van der Waals surface area contributed by atoms with Crippen LogP contribution in [0.3, 0.4) is 0 Å². The van der Waals surface area contributed by atoms with Crippen LogP contribution in [-0.4, -0.2) is 12.4 Å². The van der Waals surface area contributed by atoms with Gasteiger partial charge >= 0.3 is 0 Å². The molecule has 0 bridgehead atoms. The average Bonchev–Trinajstić information content (AvgIpc) is 2.27. The number of benzene rings is 1. The van der Waals surface area contributed by atoms with Crippen LogP contribution in [0.4, 0.5) is 0 Å². The Balaban J connectivity index is 2.79. The van der Waals surface area contributed by atoms with Crippen molar-refractivity contribution in [1.82, 2.24) is 5.32 Å². The fraction of sp³-hybridized carbons (Fsp3) is 0.500. The molecule has 78 valence electrons. The summed E-state index contributed by atoms with van der Waals surface area (Å²) in [4.78, 5) is 0. The quantitative estimate of drug-likeness (QED) is 0.738. The van der Waals surface area contributed by atoms with Crippen molar-refractivity contribution in [3.05, 3.63) is 35.9 Å². The zero-order chi connectivity index (χ0) is 10.4. The van der Waals surface area contributed by atoms with Gasteiger partial charge in [0.15, 0.2) is 0 Å². The van der Waals surface area contributed by atoms with Crippen molar-refractivity contribution < 1.29 is 0 Å². The van der Waals surface area contributed by atoms with E-state index in [2.05, 4.69) is 31.3 Å². The van der Waals surface area contributed by atoms with Crippen molar-refractivity contribution in [1.29, 1.82) is 0 Å². The van der Waals surface area contributed by atoms with Gasteiger partial charge in [-0.2, -0.15) is 0 Å². The second-order valence-electron chi connectivity index (χ2n) is 3.76. The molecule has 0 aliphatic rings. The molecule has 0 spiro atoms. The summed E-state index contributed by atoms with van der Waals surface area (Å²) < 4.78 is 0. The summed E-state index contributed by atoms with van der Waals surface area (Å²) in [6.45, 7) is 5.30. The van der Waals surface area contributed by atoms with Crippen LogP contribution in [0.2, 0.25) is 0 Å². The minimum atomic E-state index is -0.0984. The monoisotopic (exact) mass is 211 g/mol. The van der Waals surface area contributed by atoms with Crippen molar-refractivity contribution in [2.75, 3.05) is 12.4 Å². The van der Waals surface area contributed by atoms with Crippen LogP contribution in [0.1, 0.15) is 25.8 Å². The number of alkyl halides is 1. The highest BCUT2D eigenvalue weighted by Gasteiger charge is 2.23. The summed E-state index contributed by atoms with van der Waals surface area (Å²) in [5.41, 5.74) is 1.15. The predicted molar refractivity (Wildman–Crippen MR) is 62.8 cm³/mol. The van der Waals surface area contributed by atoms with Gasteiger partial charge in [-0.05, 0) is 25.5 Å². The van der Waals surface area contributed by atoms with Crippen molar-refractivity contribution in [2.45, 2.75) is 25.8 Å². The van der Waals surface area contributed by atoms with Gasteiger partial charge in [-0.3, -0.25) is 0 Å². The van der Waals surface area contributed by atoms with Gasteiger partial charge in [-0.1, -0.05) is 37.3 Å². The van der Waals surface area contributed by atoms with E-state index in [0.29, 0.717) is 5.88 Å². The Morgan fingerprint density at radius 3 is 2.43 bits per heavy atom. The minimum absolute atomic E-state index is 0.0984. The summed E-state index contributed by atoms with van der Waals surface area (Å²) in [6.07, 6.45) is 1.12. The Hall–Kier alpha value is -0.530. The number of hydrogen-bond donors (Lipinski definition) is 1. The third kappa shape index (κ3) is 2.73. The lowest BCUT2D eigenvalue weighted by atomic mass is 9.94.